The predicted molar refractivity (Wildman–Crippen MR) is 116 cm³/mol. The van der Waals surface area contributed by atoms with Gasteiger partial charge >= 0.3 is 23.9 Å². The number of imidazole rings is 1. The third-order valence-corrected chi connectivity index (χ3v) is 5.56. The van der Waals surface area contributed by atoms with Crippen LogP contribution in [0.3, 0.4) is 0 Å². The number of esters is 1. The molecule has 1 aromatic heterocycles. The second kappa shape index (κ2) is 8.93. The third kappa shape index (κ3) is 4.38. The molecule has 0 aliphatic carbocycles. The molecule has 11 nitrogen and oxygen atoms in total. The molecule has 0 bridgehead atoms. The summed E-state index contributed by atoms with van der Waals surface area (Å²) in [5.41, 5.74) is 0.641. The molecule has 0 saturated carbocycles. The van der Waals surface area contributed by atoms with Crippen LogP contribution in [0.2, 0.25) is 0 Å². The van der Waals surface area contributed by atoms with Crippen LogP contribution in [-0.2, 0) is 26.4 Å². The van der Waals surface area contributed by atoms with Crippen molar-refractivity contribution in [2.45, 2.75) is 44.4 Å². The van der Waals surface area contributed by atoms with Crippen molar-refractivity contribution in [2.75, 3.05) is 18.1 Å². The minimum atomic E-state index is -0.806. The van der Waals surface area contributed by atoms with Crippen LogP contribution in [0, 0.1) is 10.1 Å². The van der Waals surface area contributed by atoms with Crippen LogP contribution >= 0.6 is 0 Å². The smallest absolute Gasteiger partial charge is 0.415 e. The number of ether oxygens (including phenoxy) is 3. The maximum atomic E-state index is 12.3. The number of rotatable bonds is 9. The zero-order valence-corrected chi connectivity index (χ0v) is 18.1. The summed E-state index contributed by atoms with van der Waals surface area (Å²) in [7, 11) is 0. The van der Waals surface area contributed by atoms with E-state index in [4.69, 9.17) is 14.2 Å². The van der Waals surface area contributed by atoms with Gasteiger partial charge in [-0.25, -0.2) is 4.79 Å². The fourth-order valence-corrected chi connectivity index (χ4v) is 3.98. The maximum absolute atomic E-state index is 12.3. The number of benzene rings is 1. The van der Waals surface area contributed by atoms with Crippen LogP contribution in [0.25, 0.3) is 0 Å². The average Bonchev–Trinajstić information content (AvgIpc) is 3.45. The zero-order chi connectivity index (χ0) is 23.6. The van der Waals surface area contributed by atoms with Gasteiger partial charge in [0, 0.05) is 23.5 Å². The van der Waals surface area contributed by atoms with Crippen molar-refractivity contribution in [3.63, 3.8) is 0 Å². The number of nitro groups is 1. The van der Waals surface area contributed by atoms with E-state index in [1.165, 1.54) is 11.1 Å². The molecule has 1 fully saturated rings. The Bertz CT molecular complexity index is 1060. The summed E-state index contributed by atoms with van der Waals surface area (Å²) in [6.07, 6.45) is 3.50. The van der Waals surface area contributed by atoms with E-state index in [9.17, 15) is 19.7 Å². The number of carbonyl (C=O) groups excluding carboxylic acids is 2. The largest absolute Gasteiger partial charge is 0.462 e. The van der Waals surface area contributed by atoms with Crippen molar-refractivity contribution in [1.82, 2.24) is 9.55 Å². The predicted octanol–water partition coefficient (Wildman–Crippen LogP) is 3.32. The Morgan fingerprint density at radius 1 is 1.42 bits per heavy atom. The van der Waals surface area contributed by atoms with Gasteiger partial charge in [-0.05, 0) is 29.0 Å². The molecule has 4 rings (SSSR count). The Labute approximate surface area is 189 Å². The van der Waals surface area contributed by atoms with Crippen molar-refractivity contribution in [2.24, 2.45) is 0 Å². The number of aromatic nitrogens is 2. The van der Waals surface area contributed by atoms with Crippen molar-refractivity contribution in [3.8, 4) is 6.01 Å². The highest BCUT2D eigenvalue weighted by molar-refractivity contribution is 5.89. The van der Waals surface area contributed by atoms with Crippen LogP contribution in [-0.4, -0.2) is 45.8 Å². The first-order valence-electron chi connectivity index (χ1n) is 10.6. The highest BCUT2D eigenvalue weighted by Crippen LogP contribution is 2.41. The Morgan fingerprint density at radius 3 is 2.82 bits per heavy atom. The average molecular weight is 456 g/mol. The van der Waals surface area contributed by atoms with Gasteiger partial charge in [-0.1, -0.05) is 25.1 Å². The van der Waals surface area contributed by atoms with E-state index in [-0.39, 0.29) is 30.9 Å². The molecule has 1 unspecified atom stereocenters. The number of cyclic esters (lactones) is 1. The van der Waals surface area contributed by atoms with Crippen molar-refractivity contribution in [1.29, 1.82) is 0 Å². The minimum Gasteiger partial charge on any atom is -0.462 e. The van der Waals surface area contributed by atoms with Crippen LogP contribution < -0.4 is 9.64 Å². The van der Waals surface area contributed by atoms with Crippen molar-refractivity contribution >= 4 is 23.6 Å². The number of amides is 1. The quantitative estimate of drug-likeness (QED) is 0.243. The molecule has 1 amide bonds. The maximum Gasteiger partial charge on any atom is 0.415 e. The normalized spacial score (nSPS) is 21.3. The number of hydrogen-bond acceptors (Lipinski definition) is 8. The van der Waals surface area contributed by atoms with E-state index in [1.807, 2.05) is 19.1 Å². The first-order chi connectivity index (χ1) is 15.8. The lowest BCUT2D eigenvalue weighted by molar-refractivity contribution is -0.389. The molecular formula is C22H24N4O7. The van der Waals surface area contributed by atoms with Crippen LogP contribution in [0.4, 0.5) is 16.3 Å². The molecule has 1 aromatic carbocycles. The van der Waals surface area contributed by atoms with Crippen molar-refractivity contribution in [3.05, 3.63) is 58.8 Å². The second-order valence-corrected chi connectivity index (χ2v) is 7.95. The number of anilines is 1. The summed E-state index contributed by atoms with van der Waals surface area (Å²) in [6.45, 7) is 6.32. The van der Waals surface area contributed by atoms with Gasteiger partial charge in [0.1, 0.15) is 12.8 Å². The fraction of sp³-hybridized carbons (Fsp3) is 0.409. The molecule has 33 heavy (non-hydrogen) atoms. The van der Waals surface area contributed by atoms with E-state index >= 15 is 0 Å². The molecule has 174 valence electrons. The standard InChI is InChI=1S/C22H24N4O7/c1-3-5-19(27)31-13-17-11-25(21(28)32-17)16-8-6-15(7-9-16)22(10-4-2)14-24-12-18(26(29)30)23-20(24)33-22/h4,6-9,12,17H,2-3,5,10-11,13-14H2,1H3/t17-,22?/m1/s1. The molecule has 2 aliphatic rings. The van der Waals surface area contributed by atoms with E-state index in [2.05, 4.69) is 11.6 Å². The van der Waals surface area contributed by atoms with Crippen LogP contribution in [0.5, 0.6) is 6.01 Å². The highest BCUT2D eigenvalue weighted by atomic mass is 16.6. The molecule has 11 heteroatoms. The van der Waals surface area contributed by atoms with Gasteiger partial charge in [0.2, 0.25) is 0 Å². The number of hydrogen-bond donors (Lipinski definition) is 0. The summed E-state index contributed by atoms with van der Waals surface area (Å²) < 4.78 is 18.1. The Morgan fingerprint density at radius 2 is 2.18 bits per heavy atom. The number of fused-ring (bicyclic) bond motifs is 1. The van der Waals surface area contributed by atoms with Gasteiger partial charge < -0.3 is 24.3 Å². The number of nitrogens with zero attached hydrogens (tertiary/aromatic N) is 4. The number of carbonyl (C=O) groups is 2. The summed E-state index contributed by atoms with van der Waals surface area (Å²) in [4.78, 5) is 39.7. The minimum absolute atomic E-state index is 0.0209. The molecule has 2 aromatic rings. The lowest BCUT2D eigenvalue weighted by Gasteiger charge is -2.27. The SMILES string of the molecule is C=CCC1(c2ccc(N3C[C@H](COC(=O)CCC)OC3=O)cc2)Cn2cc([N+](=O)[O-])nc2O1. The Kier molecular flexibility index (Phi) is 6.03. The van der Waals surface area contributed by atoms with Gasteiger partial charge in [-0.15, -0.1) is 6.58 Å². The zero-order valence-electron chi connectivity index (χ0n) is 18.1. The summed E-state index contributed by atoms with van der Waals surface area (Å²) in [6, 6.07) is 7.40. The fourth-order valence-electron chi connectivity index (χ4n) is 3.98. The third-order valence-electron chi connectivity index (χ3n) is 5.56. The Hall–Kier alpha value is -3.89. The van der Waals surface area contributed by atoms with Gasteiger partial charge in [0.05, 0.1) is 13.1 Å². The summed E-state index contributed by atoms with van der Waals surface area (Å²) in [5, 5.41) is 11.0. The molecule has 1 saturated heterocycles. The van der Waals surface area contributed by atoms with E-state index in [1.54, 1.807) is 22.8 Å². The molecule has 2 atom stereocenters. The molecule has 0 N–H and O–H groups in total. The van der Waals surface area contributed by atoms with Gasteiger partial charge in [-0.3, -0.25) is 14.3 Å². The molecular weight excluding hydrogens is 432 g/mol. The van der Waals surface area contributed by atoms with Crippen molar-refractivity contribution < 1.29 is 28.7 Å². The Balaban J connectivity index is 1.46. The van der Waals surface area contributed by atoms with Gasteiger partial charge in [0.25, 0.3) is 0 Å². The summed E-state index contributed by atoms with van der Waals surface area (Å²) in [5.74, 6) is -0.583. The van der Waals surface area contributed by atoms with Gasteiger partial charge in [-0.2, -0.15) is 0 Å². The van der Waals surface area contributed by atoms with Crippen LogP contribution in [0.1, 0.15) is 31.7 Å². The highest BCUT2D eigenvalue weighted by Gasteiger charge is 2.44. The lowest BCUT2D eigenvalue weighted by atomic mass is 9.90. The molecule has 0 radical (unpaired) electrons. The van der Waals surface area contributed by atoms with E-state index < -0.39 is 22.7 Å². The summed E-state index contributed by atoms with van der Waals surface area (Å²) >= 11 is 0. The topological polar surface area (TPSA) is 126 Å². The first-order valence-corrected chi connectivity index (χ1v) is 10.6. The van der Waals surface area contributed by atoms with Gasteiger partial charge in [0.15, 0.2) is 11.7 Å². The van der Waals surface area contributed by atoms with E-state index in [0.29, 0.717) is 31.5 Å². The van der Waals surface area contributed by atoms with Crippen LogP contribution in [0.15, 0.2) is 43.1 Å². The lowest BCUT2D eigenvalue weighted by Crippen LogP contribution is -2.32. The first kappa shape index (κ1) is 22.3. The molecule has 2 aliphatic heterocycles. The monoisotopic (exact) mass is 456 g/mol. The van der Waals surface area contributed by atoms with E-state index in [0.717, 1.165) is 5.56 Å². The molecule has 0 spiro atoms. The molecule has 3 heterocycles. The second-order valence-electron chi connectivity index (χ2n) is 7.95.